The third kappa shape index (κ3) is 17.1. The van der Waals surface area contributed by atoms with E-state index in [1.807, 2.05) is 200 Å². The number of hydrogen-bond donors (Lipinski definition) is 1. The van der Waals surface area contributed by atoms with E-state index < -0.39 is 0 Å². The highest BCUT2D eigenvalue weighted by molar-refractivity contribution is 8.00. The Bertz CT molecular complexity index is 3690. The summed E-state index contributed by atoms with van der Waals surface area (Å²) in [4.78, 5) is 118. The van der Waals surface area contributed by atoms with E-state index in [-0.39, 0.29) is 112 Å². The summed E-state index contributed by atoms with van der Waals surface area (Å²) in [6, 6.07) is 51.9. The Morgan fingerprint density at radius 2 is 0.646 bits per heavy atom. The van der Waals surface area contributed by atoms with Gasteiger partial charge in [0, 0.05) is 88.3 Å². The van der Waals surface area contributed by atoms with E-state index >= 15 is 0 Å². The molecule has 6 aliphatic rings. The molecule has 0 aromatic heterocycles. The highest BCUT2D eigenvalue weighted by Gasteiger charge is 2.55. The Labute approximate surface area is 582 Å². The second-order valence-electron chi connectivity index (χ2n) is 24.2. The monoisotopic (exact) mass is 1380 g/mol. The second-order valence-corrected chi connectivity index (χ2v) is 28.1. The van der Waals surface area contributed by atoms with Gasteiger partial charge in [0.25, 0.3) is 0 Å². The van der Waals surface area contributed by atoms with Crippen molar-refractivity contribution >= 4 is 129 Å². The lowest BCUT2D eigenvalue weighted by Gasteiger charge is -2.50. The summed E-state index contributed by atoms with van der Waals surface area (Å²) in [5.74, 6) is 1.03. The van der Waals surface area contributed by atoms with Crippen molar-refractivity contribution in [3.05, 3.63) is 266 Å². The fourth-order valence-corrected chi connectivity index (χ4v) is 16.9. The molecule has 492 valence electrons. The van der Waals surface area contributed by atoms with Crippen LogP contribution < -0.4 is 0 Å². The van der Waals surface area contributed by atoms with Crippen molar-refractivity contribution in [1.29, 1.82) is 0 Å². The van der Waals surface area contributed by atoms with Gasteiger partial charge in [-0.3, -0.25) is 57.9 Å². The van der Waals surface area contributed by atoms with Crippen LogP contribution in [0.3, 0.4) is 0 Å². The first-order chi connectivity index (χ1) is 46.4. The molecule has 3 amide bonds. The molecule has 0 saturated carbocycles. The minimum Gasteiger partial charge on any atom is -0.392 e. The molecule has 0 aliphatic carbocycles. The van der Waals surface area contributed by atoms with Crippen LogP contribution in [0.4, 0.5) is 0 Å². The number of rotatable bonds is 24. The summed E-state index contributed by atoms with van der Waals surface area (Å²) in [5, 5.41) is 8.70. The van der Waals surface area contributed by atoms with Crippen LogP contribution >= 0.6 is 58.5 Å². The first-order valence-corrected chi connectivity index (χ1v) is 35.9. The third-order valence-corrected chi connectivity index (χ3v) is 22.0. The van der Waals surface area contributed by atoms with Crippen molar-refractivity contribution in [3.8, 4) is 0 Å². The fourth-order valence-electron chi connectivity index (χ4n) is 12.4. The number of thioether (sulfide) groups is 3. The molecule has 18 heteroatoms. The number of allylic oxidation sites excluding steroid dienone is 6. The predicted octanol–water partition coefficient (Wildman–Crippen LogP) is 13.8. The Kier molecular flexibility index (Phi) is 24.4. The molecule has 96 heavy (non-hydrogen) atoms. The minimum atomic E-state index is -0.373. The number of β-lactam (4-membered cyclic amide) rings is 3. The number of fused-ring (bicyclic) bond motifs is 3. The lowest BCUT2D eigenvalue weighted by Crippen LogP contribution is -2.61. The zero-order chi connectivity index (χ0) is 68.0. The van der Waals surface area contributed by atoms with Crippen LogP contribution in [-0.2, 0) is 80.8 Å². The standard InChI is InChI=1S/2C26H24ClNO3S.C26H25NO4S/c2*1-17(29)24-21(12-11-18-7-9-20(15-27)10-8-18)16-32-26-23(25(31)28(24)26)14-22(30)13-19-5-3-2-4-6-19;1-17(29)24-21(12-11-18-7-9-20(15-28)10-8-18)16-32-26-23(25(31)27(24)26)14-22(30)13-19-5-3-2-4-6-19/h2*2-12,23,26H,13-16H2,1H3;2-12,23,26,28H,13-16H2,1H3/b12-11+;12-11-;/t3*23-,26-/m111/s1. The molecule has 12 rings (SSSR count). The number of carbonyl (C=O) groups excluding carboxylic acids is 9. The summed E-state index contributed by atoms with van der Waals surface area (Å²) >= 11 is 16.5. The summed E-state index contributed by atoms with van der Waals surface area (Å²) in [6.45, 7) is 4.46. The number of aliphatic hydroxyl groups excluding tert-OH is 1. The van der Waals surface area contributed by atoms with Gasteiger partial charge in [0.2, 0.25) is 17.7 Å². The van der Waals surface area contributed by atoms with Crippen LogP contribution in [0.25, 0.3) is 18.2 Å². The van der Waals surface area contributed by atoms with Crippen molar-refractivity contribution < 1.29 is 48.3 Å². The number of alkyl halides is 2. The molecule has 0 radical (unpaired) electrons. The van der Waals surface area contributed by atoms with Crippen molar-refractivity contribution in [1.82, 2.24) is 14.7 Å². The van der Waals surface area contributed by atoms with E-state index in [9.17, 15) is 43.2 Å². The highest BCUT2D eigenvalue weighted by Crippen LogP contribution is 2.48. The first-order valence-electron chi connectivity index (χ1n) is 31.7. The number of carbonyl (C=O) groups is 9. The number of nitrogens with zero attached hydrogens (tertiary/aromatic N) is 3. The van der Waals surface area contributed by atoms with Crippen molar-refractivity contribution in [2.45, 2.75) is 93.8 Å². The van der Waals surface area contributed by atoms with Gasteiger partial charge >= 0.3 is 0 Å². The molecule has 6 heterocycles. The van der Waals surface area contributed by atoms with Gasteiger partial charge in [-0.25, -0.2) is 0 Å². The van der Waals surface area contributed by atoms with Gasteiger partial charge in [0.15, 0.2) is 17.3 Å². The quantitative estimate of drug-likeness (QED) is 0.0446. The largest absolute Gasteiger partial charge is 0.392 e. The number of benzene rings is 6. The molecule has 13 nitrogen and oxygen atoms in total. The number of halogens is 2. The maximum atomic E-state index is 12.9. The normalized spacial score (nSPS) is 20.3. The maximum Gasteiger partial charge on any atom is 0.234 e. The molecule has 0 spiro atoms. The molecular weight excluding hydrogens is 1310 g/mol. The van der Waals surface area contributed by atoms with Crippen molar-refractivity contribution in [2.75, 3.05) is 17.3 Å². The van der Waals surface area contributed by atoms with Crippen LogP contribution in [0.15, 0.2) is 216 Å². The SMILES string of the molecule is CC(=O)C1=C(/C=C/c2ccc(CCl)cc2)CS[C@@H]2[C@H](CC(=O)Cc3ccccc3)C(=O)N12.CC(=O)C1=C(/C=C\c2ccc(CCl)cc2)CS[C@@H]2[C@H](CC(=O)Cc3ccccc3)C(=O)N12.CC(=O)C1=C(C=Cc2ccc(CO)cc2)CS[C@@H]2[C@H](CC(=O)Cc3ccccc3)C(=O)N12. The molecule has 6 atom stereocenters. The summed E-state index contributed by atoms with van der Waals surface area (Å²) in [6.07, 6.45) is 13.1. The van der Waals surface area contributed by atoms with Crippen molar-refractivity contribution in [2.24, 2.45) is 17.8 Å². The molecule has 3 fully saturated rings. The van der Waals surface area contributed by atoms with E-state index in [2.05, 4.69) is 0 Å². The number of aliphatic hydroxyl groups is 1. The van der Waals surface area contributed by atoms with Gasteiger partial charge < -0.3 is 5.11 Å². The number of amides is 3. The summed E-state index contributed by atoms with van der Waals surface area (Å²) < 4.78 is 0. The van der Waals surface area contributed by atoms with Crippen LogP contribution in [0.2, 0.25) is 0 Å². The Balaban J connectivity index is 0.000000157. The molecule has 0 bridgehead atoms. The molecule has 6 aromatic rings. The number of Topliss-reactive ketones (excluding diaryl/α,β-unsaturated/α-hetero) is 6. The van der Waals surface area contributed by atoms with Gasteiger partial charge in [-0.15, -0.1) is 58.5 Å². The zero-order valence-corrected chi connectivity index (χ0v) is 57.4. The lowest BCUT2D eigenvalue weighted by molar-refractivity contribution is -0.151. The Hall–Kier alpha value is -8.22. The van der Waals surface area contributed by atoms with Gasteiger partial charge in [-0.2, -0.15) is 0 Å². The summed E-state index contributed by atoms with van der Waals surface area (Å²) in [7, 11) is 0. The minimum absolute atomic E-state index is 0.00620. The Morgan fingerprint density at radius 1 is 0.385 bits per heavy atom. The predicted molar refractivity (Wildman–Crippen MR) is 384 cm³/mol. The van der Waals surface area contributed by atoms with Crippen LogP contribution in [0.1, 0.15) is 90.1 Å². The molecule has 6 aliphatic heterocycles. The number of ketones is 6. The average Bonchev–Trinajstić information content (AvgIpc) is 0.750. The van der Waals surface area contributed by atoms with Crippen molar-refractivity contribution in [3.63, 3.8) is 0 Å². The van der Waals surface area contributed by atoms with Gasteiger partial charge in [-0.1, -0.05) is 200 Å². The molecular formula is C78H73Cl2N3O10S3. The summed E-state index contributed by atoms with van der Waals surface area (Å²) in [5.41, 5.74) is 12.6. The maximum absolute atomic E-state index is 12.9. The average molecular weight is 1380 g/mol. The van der Waals surface area contributed by atoms with E-state index in [0.717, 1.165) is 66.8 Å². The number of hydrogen-bond acceptors (Lipinski definition) is 13. The molecule has 6 aromatic carbocycles. The second kappa shape index (κ2) is 33.2. The van der Waals surface area contributed by atoms with Gasteiger partial charge in [-0.05, 0) is 66.8 Å². The van der Waals surface area contributed by atoms with E-state index in [1.54, 1.807) is 50.0 Å². The van der Waals surface area contributed by atoms with Crippen LogP contribution in [-0.4, -0.2) is 106 Å². The van der Waals surface area contributed by atoms with E-state index in [4.69, 9.17) is 28.3 Å². The van der Waals surface area contributed by atoms with E-state index in [0.29, 0.717) is 65.4 Å². The molecule has 0 unspecified atom stereocenters. The molecule has 1 N–H and O–H groups in total. The smallest absolute Gasteiger partial charge is 0.234 e. The van der Waals surface area contributed by atoms with Gasteiger partial charge in [0.1, 0.15) is 17.3 Å². The Morgan fingerprint density at radius 3 is 0.885 bits per heavy atom. The lowest BCUT2D eigenvalue weighted by atomic mass is 9.88. The van der Waals surface area contributed by atoms with Crippen LogP contribution in [0.5, 0.6) is 0 Å². The fraction of sp³-hybridized carbons (Fsp3) is 0.269. The van der Waals surface area contributed by atoms with E-state index in [1.165, 1.54) is 20.8 Å². The topological polar surface area (TPSA) is 184 Å². The van der Waals surface area contributed by atoms with Gasteiger partial charge in [0.05, 0.1) is 57.6 Å². The third-order valence-electron chi connectivity index (χ3n) is 17.3. The van der Waals surface area contributed by atoms with Crippen LogP contribution in [0, 0.1) is 17.8 Å². The zero-order valence-electron chi connectivity index (χ0n) is 53.4. The molecule has 3 saturated heterocycles. The highest BCUT2D eigenvalue weighted by atomic mass is 35.5. The first kappa shape index (κ1) is 70.6.